The van der Waals surface area contributed by atoms with Crippen molar-refractivity contribution in [2.45, 2.75) is 46.1 Å². The SMILES string of the molecule is CCCNCC1(Cc2ncnn2CC)CCOCC1. The summed E-state index contributed by atoms with van der Waals surface area (Å²) in [7, 11) is 0. The summed E-state index contributed by atoms with van der Waals surface area (Å²) in [6, 6.07) is 0. The van der Waals surface area contributed by atoms with Crippen molar-refractivity contribution in [3.63, 3.8) is 0 Å². The second-order valence-electron chi connectivity index (χ2n) is 5.46. The molecule has 1 fully saturated rings. The Morgan fingerprint density at radius 3 is 2.84 bits per heavy atom. The van der Waals surface area contributed by atoms with Gasteiger partial charge in [-0.25, -0.2) is 4.98 Å². The van der Waals surface area contributed by atoms with E-state index in [9.17, 15) is 0 Å². The highest BCUT2D eigenvalue weighted by atomic mass is 16.5. The topological polar surface area (TPSA) is 52.0 Å². The lowest BCUT2D eigenvalue weighted by atomic mass is 9.77. The molecular formula is C14H26N4O. The third-order valence-electron chi connectivity index (χ3n) is 4.01. The highest BCUT2D eigenvalue weighted by Crippen LogP contribution is 2.33. The van der Waals surface area contributed by atoms with E-state index in [1.165, 1.54) is 6.42 Å². The molecule has 1 aromatic rings. The zero-order valence-corrected chi connectivity index (χ0v) is 12.2. The van der Waals surface area contributed by atoms with Gasteiger partial charge < -0.3 is 10.1 Å². The lowest BCUT2D eigenvalue weighted by molar-refractivity contribution is 0.0136. The zero-order chi connectivity index (χ0) is 13.6. The fraction of sp³-hybridized carbons (Fsp3) is 0.857. The Morgan fingerprint density at radius 1 is 1.37 bits per heavy atom. The van der Waals surface area contributed by atoms with Crippen LogP contribution in [0.2, 0.25) is 0 Å². The van der Waals surface area contributed by atoms with Gasteiger partial charge in [-0.15, -0.1) is 0 Å². The Bertz CT molecular complexity index is 371. The molecule has 0 spiro atoms. The van der Waals surface area contributed by atoms with Crippen molar-refractivity contribution in [1.29, 1.82) is 0 Å². The summed E-state index contributed by atoms with van der Waals surface area (Å²) in [4.78, 5) is 4.44. The highest BCUT2D eigenvalue weighted by Gasteiger charge is 2.33. The van der Waals surface area contributed by atoms with Crippen molar-refractivity contribution in [3.05, 3.63) is 12.2 Å². The Balaban J connectivity index is 2.04. The average molecular weight is 266 g/mol. The van der Waals surface area contributed by atoms with Gasteiger partial charge in [0.05, 0.1) is 0 Å². The molecule has 1 aliphatic rings. The van der Waals surface area contributed by atoms with Gasteiger partial charge in [-0.3, -0.25) is 4.68 Å². The first-order valence-electron chi connectivity index (χ1n) is 7.45. The van der Waals surface area contributed by atoms with Crippen LogP contribution in [0.25, 0.3) is 0 Å². The molecule has 108 valence electrons. The summed E-state index contributed by atoms with van der Waals surface area (Å²) < 4.78 is 7.55. The smallest absolute Gasteiger partial charge is 0.138 e. The van der Waals surface area contributed by atoms with Crippen LogP contribution in [-0.4, -0.2) is 41.1 Å². The van der Waals surface area contributed by atoms with Crippen molar-refractivity contribution in [2.24, 2.45) is 5.41 Å². The molecule has 0 aliphatic carbocycles. The Kier molecular flexibility index (Phi) is 5.34. The van der Waals surface area contributed by atoms with Gasteiger partial charge in [0.15, 0.2) is 0 Å². The molecular weight excluding hydrogens is 240 g/mol. The summed E-state index contributed by atoms with van der Waals surface area (Å²) in [5.74, 6) is 1.11. The first-order chi connectivity index (χ1) is 9.29. The molecule has 1 saturated heterocycles. The molecule has 5 nitrogen and oxygen atoms in total. The quantitative estimate of drug-likeness (QED) is 0.762. The van der Waals surface area contributed by atoms with Crippen LogP contribution in [0, 0.1) is 5.41 Å². The molecule has 0 aromatic carbocycles. The second kappa shape index (κ2) is 7.01. The maximum atomic E-state index is 5.54. The predicted molar refractivity (Wildman–Crippen MR) is 75.0 cm³/mol. The molecule has 0 saturated carbocycles. The average Bonchev–Trinajstić information content (AvgIpc) is 2.87. The standard InChI is InChI=1S/C14H26N4O/c1-3-7-15-11-14(5-8-19-9-6-14)10-13-16-12-17-18(13)4-2/h12,15H,3-11H2,1-2H3. The molecule has 1 aliphatic heterocycles. The van der Waals surface area contributed by atoms with Gasteiger partial charge in [-0.2, -0.15) is 5.10 Å². The maximum Gasteiger partial charge on any atom is 0.138 e. The van der Waals surface area contributed by atoms with Crippen LogP contribution < -0.4 is 5.32 Å². The summed E-state index contributed by atoms with van der Waals surface area (Å²) in [6.07, 6.45) is 6.07. The van der Waals surface area contributed by atoms with Crippen LogP contribution in [0.5, 0.6) is 0 Å². The van der Waals surface area contributed by atoms with E-state index in [0.29, 0.717) is 0 Å². The number of nitrogens with one attached hydrogen (secondary N) is 1. The lowest BCUT2D eigenvalue weighted by Crippen LogP contribution is -2.41. The van der Waals surface area contributed by atoms with Crippen molar-refractivity contribution in [3.8, 4) is 0 Å². The van der Waals surface area contributed by atoms with E-state index < -0.39 is 0 Å². The van der Waals surface area contributed by atoms with Gasteiger partial charge in [0.25, 0.3) is 0 Å². The van der Waals surface area contributed by atoms with Crippen LogP contribution in [0.4, 0.5) is 0 Å². The molecule has 0 bridgehead atoms. The normalized spacial score (nSPS) is 18.6. The number of ether oxygens (including phenoxy) is 1. The summed E-state index contributed by atoms with van der Waals surface area (Å²) in [5.41, 5.74) is 0.285. The highest BCUT2D eigenvalue weighted by molar-refractivity contribution is 4.96. The third kappa shape index (κ3) is 3.76. The van der Waals surface area contributed by atoms with Gasteiger partial charge in [0.1, 0.15) is 12.2 Å². The van der Waals surface area contributed by atoms with Gasteiger partial charge in [-0.1, -0.05) is 6.92 Å². The van der Waals surface area contributed by atoms with E-state index in [2.05, 4.69) is 29.2 Å². The predicted octanol–water partition coefficient (Wildman–Crippen LogP) is 1.64. The molecule has 1 N–H and O–H groups in total. The molecule has 1 aromatic heterocycles. The number of aromatic nitrogens is 3. The van der Waals surface area contributed by atoms with Crippen LogP contribution >= 0.6 is 0 Å². The Morgan fingerprint density at radius 2 is 2.16 bits per heavy atom. The van der Waals surface area contributed by atoms with Crippen LogP contribution in [-0.2, 0) is 17.7 Å². The minimum atomic E-state index is 0.285. The monoisotopic (exact) mass is 266 g/mol. The van der Waals surface area contributed by atoms with E-state index in [1.54, 1.807) is 6.33 Å². The molecule has 2 heterocycles. The summed E-state index contributed by atoms with van der Waals surface area (Å²) in [6.45, 7) is 9.10. The number of nitrogens with zero attached hydrogens (tertiary/aromatic N) is 3. The Labute approximate surface area is 115 Å². The fourth-order valence-electron chi connectivity index (χ4n) is 2.78. The van der Waals surface area contributed by atoms with Crippen molar-refractivity contribution < 1.29 is 4.74 Å². The molecule has 0 atom stereocenters. The fourth-order valence-corrected chi connectivity index (χ4v) is 2.78. The number of aryl methyl sites for hydroxylation is 1. The molecule has 5 heteroatoms. The van der Waals surface area contributed by atoms with Gasteiger partial charge in [-0.05, 0) is 38.1 Å². The van der Waals surface area contributed by atoms with E-state index >= 15 is 0 Å². The molecule has 0 amide bonds. The van der Waals surface area contributed by atoms with Gasteiger partial charge in [0, 0.05) is 32.7 Å². The minimum Gasteiger partial charge on any atom is -0.381 e. The van der Waals surface area contributed by atoms with Crippen LogP contribution in [0.15, 0.2) is 6.33 Å². The Hall–Kier alpha value is -0.940. The van der Waals surface area contributed by atoms with Crippen LogP contribution in [0.3, 0.4) is 0 Å². The minimum absolute atomic E-state index is 0.285. The largest absolute Gasteiger partial charge is 0.381 e. The second-order valence-corrected chi connectivity index (χ2v) is 5.46. The van der Waals surface area contributed by atoms with Gasteiger partial charge in [0.2, 0.25) is 0 Å². The summed E-state index contributed by atoms with van der Waals surface area (Å²) in [5, 5.41) is 7.86. The number of hydrogen-bond donors (Lipinski definition) is 1. The van der Waals surface area contributed by atoms with E-state index in [-0.39, 0.29) is 5.41 Å². The van der Waals surface area contributed by atoms with Crippen LogP contribution in [0.1, 0.15) is 38.9 Å². The van der Waals surface area contributed by atoms with E-state index in [1.807, 2.05) is 4.68 Å². The molecule has 19 heavy (non-hydrogen) atoms. The first kappa shape index (κ1) is 14.5. The van der Waals surface area contributed by atoms with Crippen molar-refractivity contribution in [1.82, 2.24) is 20.1 Å². The van der Waals surface area contributed by atoms with E-state index in [0.717, 1.165) is 57.9 Å². The molecule has 0 unspecified atom stereocenters. The number of hydrogen-bond acceptors (Lipinski definition) is 4. The number of rotatable bonds is 7. The van der Waals surface area contributed by atoms with Crippen molar-refractivity contribution in [2.75, 3.05) is 26.3 Å². The summed E-state index contributed by atoms with van der Waals surface area (Å²) >= 11 is 0. The maximum absolute atomic E-state index is 5.54. The zero-order valence-electron chi connectivity index (χ0n) is 12.2. The van der Waals surface area contributed by atoms with E-state index in [4.69, 9.17) is 4.74 Å². The third-order valence-corrected chi connectivity index (χ3v) is 4.01. The molecule has 0 radical (unpaired) electrons. The van der Waals surface area contributed by atoms with Gasteiger partial charge >= 0.3 is 0 Å². The van der Waals surface area contributed by atoms with Crippen molar-refractivity contribution >= 4 is 0 Å². The molecule has 2 rings (SSSR count). The first-order valence-corrected chi connectivity index (χ1v) is 7.45. The lowest BCUT2D eigenvalue weighted by Gasteiger charge is -2.37.